The summed E-state index contributed by atoms with van der Waals surface area (Å²) < 4.78 is 38.7. The highest BCUT2D eigenvalue weighted by atomic mass is 32.2. The standard InChI is InChI=1S/C17H19NO4S/c1-11-8-16(21-3)17(9-12(11)2)23(19,20)18-14-4-5-15-13(10-14)6-7-22-15/h4-5,8-10,18H,6-7H2,1-3H3. The topological polar surface area (TPSA) is 64.6 Å². The van der Waals surface area contributed by atoms with Gasteiger partial charge in [0.05, 0.1) is 13.7 Å². The number of aryl methyl sites for hydroxylation is 2. The molecule has 0 spiro atoms. The van der Waals surface area contributed by atoms with E-state index < -0.39 is 10.0 Å². The molecule has 122 valence electrons. The van der Waals surface area contributed by atoms with Crippen molar-refractivity contribution in [2.24, 2.45) is 0 Å². The normalized spacial score (nSPS) is 13.3. The lowest BCUT2D eigenvalue weighted by Crippen LogP contribution is -2.14. The first-order chi connectivity index (χ1) is 10.9. The molecule has 0 radical (unpaired) electrons. The Hall–Kier alpha value is -2.21. The summed E-state index contributed by atoms with van der Waals surface area (Å²) in [4.78, 5) is 0.139. The Morgan fingerprint density at radius 1 is 1.13 bits per heavy atom. The highest BCUT2D eigenvalue weighted by Crippen LogP contribution is 2.31. The SMILES string of the molecule is COc1cc(C)c(C)cc1S(=O)(=O)Nc1ccc2c(c1)CCO2. The third-order valence-electron chi connectivity index (χ3n) is 4.01. The van der Waals surface area contributed by atoms with Crippen LogP contribution in [0.3, 0.4) is 0 Å². The van der Waals surface area contributed by atoms with Gasteiger partial charge in [-0.1, -0.05) is 0 Å². The second-order valence-electron chi connectivity index (χ2n) is 5.61. The maximum atomic E-state index is 12.7. The second-order valence-corrected chi connectivity index (χ2v) is 7.26. The molecule has 1 N–H and O–H groups in total. The Kier molecular flexibility index (Phi) is 3.93. The van der Waals surface area contributed by atoms with Crippen LogP contribution >= 0.6 is 0 Å². The summed E-state index contributed by atoms with van der Waals surface area (Å²) in [6.45, 7) is 4.43. The second kappa shape index (κ2) is 5.77. The average molecular weight is 333 g/mol. The fourth-order valence-corrected chi connectivity index (χ4v) is 3.88. The van der Waals surface area contributed by atoms with Crippen molar-refractivity contribution in [1.29, 1.82) is 0 Å². The largest absolute Gasteiger partial charge is 0.495 e. The highest BCUT2D eigenvalue weighted by molar-refractivity contribution is 7.92. The van der Waals surface area contributed by atoms with Gasteiger partial charge in [0.25, 0.3) is 10.0 Å². The summed E-state index contributed by atoms with van der Waals surface area (Å²) in [5.74, 6) is 1.15. The molecule has 2 aromatic carbocycles. The van der Waals surface area contributed by atoms with Crippen LogP contribution in [-0.2, 0) is 16.4 Å². The predicted molar refractivity (Wildman–Crippen MR) is 88.9 cm³/mol. The van der Waals surface area contributed by atoms with Crippen molar-refractivity contribution >= 4 is 15.7 Å². The molecule has 6 heteroatoms. The number of ether oxygens (including phenoxy) is 2. The molecular weight excluding hydrogens is 314 g/mol. The van der Waals surface area contributed by atoms with Crippen molar-refractivity contribution in [2.45, 2.75) is 25.2 Å². The maximum absolute atomic E-state index is 12.7. The van der Waals surface area contributed by atoms with Crippen LogP contribution in [0.2, 0.25) is 0 Å². The Labute approximate surface area is 136 Å². The van der Waals surface area contributed by atoms with Crippen molar-refractivity contribution in [1.82, 2.24) is 0 Å². The number of hydrogen-bond acceptors (Lipinski definition) is 4. The van der Waals surface area contributed by atoms with Gasteiger partial charge in [-0.25, -0.2) is 8.42 Å². The van der Waals surface area contributed by atoms with Crippen LogP contribution in [0, 0.1) is 13.8 Å². The van der Waals surface area contributed by atoms with E-state index >= 15 is 0 Å². The summed E-state index contributed by atoms with van der Waals surface area (Å²) in [6.07, 6.45) is 0.790. The molecule has 1 aliphatic rings. The van der Waals surface area contributed by atoms with Gasteiger partial charge in [0.1, 0.15) is 16.4 Å². The number of rotatable bonds is 4. The quantitative estimate of drug-likeness (QED) is 0.934. The minimum atomic E-state index is -3.73. The monoisotopic (exact) mass is 333 g/mol. The van der Waals surface area contributed by atoms with Crippen LogP contribution < -0.4 is 14.2 Å². The van der Waals surface area contributed by atoms with E-state index in [1.54, 1.807) is 24.3 Å². The molecule has 0 bridgehead atoms. The molecule has 5 nitrogen and oxygen atoms in total. The Balaban J connectivity index is 1.98. The lowest BCUT2D eigenvalue weighted by molar-refractivity contribution is 0.357. The first-order valence-corrected chi connectivity index (χ1v) is 8.83. The molecule has 0 fully saturated rings. The molecule has 0 saturated heterocycles. The average Bonchev–Trinajstić information content (AvgIpc) is 2.96. The molecule has 1 heterocycles. The zero-order valence-corrected chi connectivity index (χ0v) is 14.2. The van der Waals surface area contributed by atoms with Crippen molar-refractivity contribution in [3.05, 3.63) is 47.0 Å². The van der Waals surface area contributed by atoms with E-state index in [1.807, 2.05) is 19.9 Å². The molecule has 0 unspecified atom stereocenters. The zero-order chi connectivity index (χ0) is 16.6. The van der Waals surface area contributed by atoms with Gasteiger partial charge in [-0.3, -0.25) is 4.72 Å². The first kappa shape index (κ1) is 15.7. The third kappa shape index (κ3) is 2.99. The van der Waals surface area contributed by atoms with E-state index in [2.05, 4.69) is 4.72 Å². The minimum absolute atomic E-state index is 0.139. The molecule has 0 aliphatic carbocycles. The van der Waals surface area contributed by atoms with E-state index in [0.717, 1.165) is 28.9 Å². The fourth-order valence-electron chi connectivity index (χ4n) is 2.59. The molecule has 0 amide bonds. The van der Waals surface area contributed by atoms with E-state index in [9.17, 15) is 8.42 Å². The predicted octanol–water partition coefficient (Wildman–Crippen LogP) is 3.05. The number of benzene rings is 2. The molecule has 1 aliphatic heterocycles. The van der Waals surface area contributed by atoms with Gasteiger partial charge in [0.15, 0.2) is 0 Å². The number of methoxy groups -OCH3 is 1. The minimum Gasteiger partial charge on any atom is -0.495 e. The van der Waals surface area contributed by atoms with E-state index in [-0.39, 0.29) is 4.90 Å². The summed E-state index contributed by atoms with van der Waals surface area (Å²) in [6, 6.07) is 8.67. The van der Waals surface area contributed by atoms with E-state index in [4.69, 9.17) is 9.47 Å². The molecule has 3 rings (SSSR count). The molecule has 23 heavy (non-hydrogen) atoms. The van der Waals surface area contributed by atoms with Gasteiger partial charge in [0, 0.05) is 12.1 Å². The molecule has 0 aromatic heterocycles. The van der Waals surface area contributed by atoms with Crippen LogP contribution in [0.1, 0.15) is 16.7 Å². The van der Waals surface area contributed by atoms with Gasteiger partial charge in [-0.2, -0.15) is 0 Å². The summed E-state index contributed by atoms with van der Waals surface area (Å²) in [5.41, 5.74) is 3.41. The first-order valence-electron chi connectivity index (χ1n) is 7.34. The lowest BCUT2D eigenvalue weighted by Gasteiger charge is -2.14. The molecule has 0 atom stereocenters. The van der Waals surface area contributed by atoms with Gasteiger partial charge >= 0.3 is 0 Å². The maximum Gasteiger partial charge on any atom is 0.265 e. The van der Waals surface area contributed by atoms with Crippen LogP contribution in [0.25, 0.3) is 0 Å². The molecule has 0 saturated carbocycles. The van der Waals surface area contributed by atoms with Gasteiger partial charge < -0.3 is 9.47 Å². The Morgan fingerprint density at radius 3 is 2.61 bits per heavy atom. The third-order valence-corrected chi connectivity index (χ3v) is 5.41. The highest BCUT2D eigenvalue weighted by Gasteiger charge is 2.22. The van der Waals surface area contributed by atoms with E-state index in [0.29, 0.717) is 18.0 Å². The summed E-state index contributed by atoms with van der Waals surface area (Å²) in [7, 11) is -2.26. The van der Waals surface area contributed by atoms with Crippen molar-refractivity contribution < 1.29 is 17.9 Å². The van der Waals surface area contributed by atoms with Crippen LogP contribution in [-0.4, -0.2) is 22.1 Å². The van der Waals surface area contributed by atoms with Crippen LogP contribution in [0.4, 0.5) is 5.69 Å². The van der Waals surface area contributed by atoms with E-state index in [1.165, 1.54) is 7.11 Å². The number of anilines is 1. The van der Waals surface area contributed by atoms with Crippen molar-refractivity contribution in [3.8, 4) is 11.5 Å². The van der Waals surface area contributed by atoms with Crippen molar-refractivity contribution in [2.75, 3.05) is 18.4 Å². The number of fused-ring (bicyclic) bond motifs is 1. The summed E-state index contributed by atoms with van der Waals surface area (Å²) >= 11 is 0. The van der Waals surface area contributed by atoms with Crippen molar-refractivity contribution in [3.63, 3.8) is 0 Å². The van der Waals surface area contributed by atoms with Gasteiger partial charge in [0.2, 0.25) is 0 Å². The van der Waals surface area contributed by atoms with Gasteiger partial charge in [-0.05, 0) is 60.9 Å². The lowest BCUT2D eigenvalue weighted by atomic mass is 10.1. The zero-order valence-electron chi connectivity index (χ0n) is 13.3. The van der Waals surface area contributed by atoms with Crippen LogP contribution in [0.15, 0.2) is 35.2 Å². The molecular formula is C17H19NO4S. The number of nitrogens with one attached hydrogen (secondary N) is 1. The van der Waals surface area contributed by atoms with Gasteiger partial charge in [-0.15, -0.1) is 0 Å². The number of hydrogen-bond donors (Lipinski definition) is 1. The summed E-state index contributed by atoms with van der Waals surface area (Å²) in [5, 5.41) is 0. The Morgan fingerprint density at radius 2 is 1.87 bits per heavy atom. The smallest absolute Gasteiger partial charge is 0.265 e. The molecule has 2 aromatic rings. The fraction of sp³-hybridized carbons (Fsp3) is 0.294. The van der Waals surface area contributed by atoms with Crippen LogP contribution in [0.5, 0.6) is 11.5 Å². The number of sulfonamides is 1. The Bertz CT molecular complexity index is 859.